The van der Waals surface area contributed by atoms with Gasteiger partial charge in [-0.25, -0.2) is 0 Å². The number of hydrogen-bond acceptors (Lipinski definition) is 5. The second kappa shape index (κ2) is 7.01. The summed E-state index contributed by atoms with van der Waals surface area (Å²) in [6, 6.07) is 0. The van der Waals surface area contributed by atoms with Crippen LogP contribution < -0.4 is 0 Å². The highest BCUT2D eigenvalue weighted by Crippen LogP contribution is 2.35. The normalized spacial score (nSPS) is 21.1. The summed E-state index contributed by atoms with van der Waals surface area (Å²) in [6.07, 6.45) is 1.55. The van der Waals surface area contributed by atoms with E-state index >= 15 is 0 Å². The van der Waals surface area contributed by atoms with Gasteiger partial charge in [0, 0.05) is 18.3 Å². The van der Waals surface area contributed by atoms with Crippen LogP contribution >= 0.6 is 0 Å². The van der Waals surface area contributed by atoms with Gasteiger partial charge in [-0.2, -0.15) is 0 Å². The fourth-order valence-corrected chi connectivity index (χ4v) is 2.44. The lowest BCUT2D eigenvalue weighted by molar-refractivity contribution is -0.194. The van der Waals surface area contributed by atoms with Crippen LogP contribution in [0.5, 0.6) is 0 Å². The van der Waals surface area contributed by atoms with Gasteiger partial charge >= 0.3 is 5.97 Å². The Morgan fingerprint density at radius 1 is 1.32 bits per heavy atom. The summed E-state index contributed by atoms with van der Waals surface area (Å²) < 4.78 is 16.3. The molecule has 1 aliphatic rings. The number of rotatable bonds is 7. The lowest BCUT2D eigenvalue weighted by atomic mass is 9.84. The minimum Gasteiger partial charge on any atom is -0.463 e. The summed E-state index contributed by atoms with van der Waals surface area (Å²) in [5.41, 5.74) is 0. The quantitative estimate of drug-likeness (QED) is 0.523. The average molecular weight is 272 g/mol. The van der Waals surface area contributed by atoms with Crippen LogP contribution in [0.2, 0.25) is 0 Å². The zero-order valence-corrected chi connectivity index (χ0v) is 12.2. The molecule has 1 rings (SSSR count). The zero-order valence-electron chi connectivity index (χ0n) is 12.2. The Balaban J connectivity index is 2.60. The fraction of sp³-hybridized carbons (Fsp3) is 0.857. The summed E-state index contributed by atoms with van der Waals surface area (Å²) in [6.45, 7) is 8.33. The summed E-state index contributed by atoms with van der Waals surface area (Å²) in [4.78, 5) is 22.6. The third-order valence-electron chi connectivity index (χ3n) is 3.41. The van der Waals surface area contributed by atoms with Crippen LogP contribution in [0.25, 0.3) is 0 Å². The highest BCUT2D eigenvalue weighted by molar-refractivity contribution is 5.69. The van der Waals surface area contributed by atoms with Crippen LogP contribution in [0, 0.1) is 11.8 Å². The van der Waals surface area contributed by atoms with Crippen molar-refractivity contribution in [2.24, 2.45) is 11.8 Å². The van der Waals surface area contributed by atoms with Gasteiger partial charge < -0.3 is 19.0 Å². The van der Waals surface area contributed by atoms with Gasteiger partial charge in [-0.1, -0.05) is 6.92 Å². The lowest BCUT2D eigenvalue weighted by Crippen LogP contribution is -2.40. The third-order valence-corrected chi connectivity index (χ3v) is 3.41. The van der Waals surface area contributed by atoms with Crippen LogP contribution in [-0.4, -0.2) is 37.4 Å². The largest absolute Gasteiger partial charge is 0.463 e. The minimum atomic E-state index is -0.779. The van der Waals surface area contributed by atoms with E-state index in [1.165, 1.54) is 0 Å². The second-order valence-electron chi connectivity index (χ2n) is 5.39. The van der Waals surface area contributed by atoms with E-state index in [0.717, 1.165) is 6.29 Å². The second-order valence-corrected chi connectivity index (χ2v) is 5.39. The maximum atomic E-state index is 11.6. The van der Waals surface area contributed by atoms with Crippen molar-refractivity contribution in [3.8, 4) is 0 Å². The molecule has 0 amide bonds. The van der Waals surface area contributed by atoms with Crippen molar-refractivity contribution in [2.75, 3.05) is 13.2 Å². The van der Waals surface area contributed by atoms with Gasteiger partial charge in [0.25, 0.3) is 0 Å². The first-order valence-corrected chi connectivity index (χ1v) is 6.81. The van der Waals surface area contributed by atoms with E-state index in [2.05, 4.69) is 0 Å². The van der Waals surface area contributed by atoms with Crippen molar-refractivity contribution in [3.05, 3.63) is 0 Å². The number of hydrogen-bond donors (Lipinski definition) is 0. The number of carbonyl (C=O) groups excluding carboxylic acids is 2. The summed E-state index contributed by atoms with van der Waals surface area (Å²) in [7, 11) is 0. The average Bonchev–Trinajstić information content (AvgIpc) is 2.75. The number of aldehydes is 1. The van der Waals surface area contributed by atoms with E-state index in [-0.39, 0.29) is 30.3 Å². The first-order chi connectivity index (χ1) is 8.89. The van der Waals surface area contributed by atoms with Crippen LogP contribution in [0.1, 0.15) is 40.5 Å². The Hall–Kier alpha value is -0.940. The number of ether oxygens (including phenoxy) is 3. The van der Waals surface area contributed by atoms with E-state index in [4.69, 9.17) is 14.2 Å². The minimum absolute atomic E-state index is 0.121. The molecule has 1 fully saturated rings. The Morgan fingerprint density at radius 3 is 2.37 bits per heavy atom. The molecule has 0 aromatic carbocycles. The molecule has 1 heterocycles. The van der Waals surface area contributed by atoms with Crippen molar-refractivity contribution in [2.45, 2.75) is 52.4 Å². The molecule has 0 aliphatic carbocycles. The van der Waals surface area contributed by atoms with E-state index in [1.54, 1.807) is 0 Å². The molecule has 19 heavy (non-hydrogen) atoms. The summed E-state index contributed by atoms with van der Waals surface area (Å²) >= 11 is 0. The molecule has 0 spiro atoms. The van der Waals surface area contributed by atoms with Crippen LogP contribution in [0.3, 0.4) is 0 Å². The Labute approximate surface area is 114 Å². The molecule has 0 aromatic rings. The first-order valence-electron chi connectivity index (χ1n) is 6.81. The molecule has 1 aliphatic heterocycles. The van der Waals surface area contributed by atoms with Gasteiger partial charge in [0.15, 0.2) is 5.79 Å². The molecule has 0 N–H and O–H groups in total. The predicted octanol–water partition coefficient (Wildman–Crippen LogP) is 1.93. The summed E-state index contributed by atoms with van der Waals surface area (Å²) in [5.74, 6) is -1.40. The molecule has 0 radical (unpaired) electrons. The lowest BCUT2D eigenvalue weighted by Gasteiger charge is -2.34. The van der Waals surface area contributed by atoms with Crippen LogP contribution in [-0.2, 0) is 23.8 Å². The van der Waals surface area contributed by atoms with Crippen molar-refractivity contribution in [1.82, 2.24) is 0 Å². The molecule has 0 aromatic heterocycles. The van der Waals surface area contributed by atoms with Gasteiger partial charge in [0.2, 0.25) is 0 Å². The fourth-order valence-electron chi connectivity index (χ4n) is 2.44. The predicted molar refractivity (Wildman–Crippen MR) is 69.5 cm³/mol. The smallest absolute Gasteiger partial charge is 0.306 e. The van der Waals surface area contributed by atoms with E-state index in [0.29, 0.717) is 19.6 Å². The van der Waals surface area contributed by atoms with Crippen molar-refractivity contribution in [3.63, 3.8) is 0 Å². The highest BCUT2D eigenvalue weighted by atomic mass is 16.7. The SMILES string of the molecule is CC(C)OC(=O)CCC(C(C)C=O)C1(C)OCCO1. The van der Waals surface area contributed by atoms with Crippen LogP contribution in [0.15, 0.2) is 0 Å². The standard InChI is InChI=1S/C14H24O5/c1-10(2)19-13(16)6-5-12(11(3)9-15)14(4)17-7-8-18-14/h9-12H,5-8H2,1-4H3. The monoisotopic (exact) mass is 272 g/mol. The Morgan fingerprint density at radius 2 is 1.89 bits per heavy atom. The van der Waals surface area contributed by atoms with Crippen molar-refractivity contribution >= 4 is 12.3 Å². The topological polar surface area (TPSA) is 61.8 Å². The summed E-state index contributed by atoms with van der Waals surface area (Å²) in [5, 5.41) is 0. The molecule has 2 unspecified atom stereocenters. The van der Waals surface area contributed by atoms with Crippen LogP contribution in [0.4, 0.5) is 0 Å². The van der Waals surface area contributed by atoms with Crippen molar-refractivity contribution < 1.29 is 23.8 Å². The maximum Gasteiger partial charge on any atom is 0.306 e. The molecular formula is C14H24O5. The molecule has 5 heteroatoms. The molecule has 2 atom stereocenters. The van der Waals surface area contributed by atoms with Gasteiger partial charge in [0.1, 0.15) is 6.29 Å². The third kappa shape index (κ3) is 4.58. The van der Waals surface area contributed by atoms with Crippen molar-refractivity contribution in [1.29, 1.82) is 0 Å². The maximum absolute atomic E-state index is 11.6. The Bertz CT molecular complexity index is 307. The first kappa shape index (κ1) is 16.1. The van der Waals surface area contributed by atoms with Gasteiger partial charge in [-0.3, -0.25) is 4.79 Å². The zero-order chi connectivity index (χ0) is 14.5. The number of esters is 1. The Kier molecular flexibility index (Phi) is 5.94. The van der Waals surface area contributed by atoms with Gasteiger partial charge in [0.05, 0.1) is 19.3 Å². The molecule has 0 bridgehead atoms. The molecule has 1 saturated heterocycles. The molecule has 5 nitrogen and oxygen atoms in total. The number of carbonyl (C=O) groups is 2. The van der Waals surface area contributed by atoms with E-state index < -0.39 is 5.79 Å². The molecule has 0 saturated carbocycles. The van der Waals surface area contributed by atoms with E-state index in [1.807, 2.05) is 27.7 Å². The molecule has 110 valence electrons. The van der Waals surface area contributed by atoms with E-state index in [9.17, 15) is 9.59 Å². The molecular weight excluding hydrogens is 248 g/mol. The van der Waals surface area contributed by atoms with Gasteiger partial charge in [-0.05, 0) is 27.2 Å². The highest BCUT2D eigenvalue weighted by Gasteiger charge is 2.42. The van der Waals surface area contributed by atoms with Gasteiger partial charge in [-0.15, -0.1) is 0 Å².